The van der Waals surface area contributed by atoms with Gasteiger partial charge in [-0.25, -0.2) is 0 Å². The number of hydrogen-bond donors (Lipinski definition) is 3. The molecule has 1 aromatic heterocycles. The van der Waals surface area contributed by atoms with E-state index in [0.717, 1.165) is 39.5 Å². The molecule has 0 unspecified atom stereocenters. The van der Waals surface area contributed by atoms with Crippen molar-refractivity contribution in [1.82, 2.24) is 14.8 Å². The molecule has 214 valence electrons. The standard InChI is InChI=1S/C30H32N4O5S2/c1-17(35)12-14-40-25-24(37)34-27-29(20-9-5-7-11-23(20)32-27,21-16-31-22-10-6-4-8-19(21)22)26(38)30(34,28(39)33(25)3)41-15-13-18(2)36/h4-11,16,25-27,31-32,38H,12-15H2,1-3H3/t25-,26-,27+,29+,30-/m0/s1. The summed E-state index contributed by atoms with van der Waals surface area (Å²) in [5, 5.41) is 16.3. The number of carbonyl (C=O) groups excluding carboxylic acids is 4. The summed E-state index contributed by atoms with van der Waals surface area (Å²) >= 11 is 2.41. The number of piperazine rings is 1. The highest BCUT2D eigenvalue weighted by molar-refractivity contribution is 8.01. The van der Waals surface area contributed by atoms with Gasteiger partial charge in [-0.3, -0.25) is 24.1 Å². The number of hydrogen-bond acceptors (Lipinski definition) is 8. The van der Waals surface area contributed by atoms with Crippen molar-refractivity contribution < 1.29 is 24.3 Å². The molecule has 4 heterocycles. The third kappa shape index (κ3) is 3.89. The van der Waals surface area contributed by atoms with E-state index >= 15 is 0 Å². The summed E-state index contributed by atoms with van der Waals surface area (Å²) in [6, 6.07) is 15.4. The molecular weight excluding hydrogens is 560 g/mol. The number of nitrogens with zero attached hydrogens (tertiary/aromatic N) is 2. The number of aliphatic hydroxyl groups excluding tert-OH is 1. The van der Waals surface area contributed by atoms with Gasteiger partial charge in [0.05, 0.1) is 5.41 Å². The Bertz CT molecular complexity index is 1570. The Kier molecular flexibility index (Phi) is 6.94. The van der Waals surface area contributed by atoms with Gasteiger partial charge in [0.15, 0.2) is 10.2 Å². The molecule has 2 aromatic carbocycles. The Morgan fingerprint density at radius 1 is 0.976 bits per heavy atom. The summed E-state index contributed by atoms with van der Waals surface area (Å²) in [6.07, 6.45) is 0.220. The molecule has 0 bridgehead atoms. The first-order chi connectivity index (χ1) is 19.7. The van der Waals surface area contributed by atoms with Gasteiger partial charge in [0.2, 0.25) is 0 Å². The van der Waals surface area contributed by atoms with Crippen LogP contribution in [0.1, 0.15) is 37.8 Å². The number of anilines is 1. The van der Waals surface area contributed by atoms with Crippen molar-refractivity contribution in [1.29, 1.82) is 0 Å². The SMILES string of the molecule is CC(=O)CCS[C@H]1C(=O)N2[C@H]3Nc4ccccc4[C@@]3(c3c[nH]c4ccccc34)[C@H](O)[C@]2(SCCC(C)=O)C(=O)N1C. The van der Waals surface area contributed by atoms with E-state index < -0.39 is 33.8 Å². The summed E-state index contributed by atoms with van der Waals surface area (Å²) in [4.78, 5) is 57.3. The zero-order valence-corrected chi connectivity index (χ0v) is 24.7. The van der Waals surface area contributed by atoms with Gasteiger partial charge in [0, 0.05) is 54.2 Å². The van der Waals surface area contributed by atoms with Crippen molar-refractivity contribution in [2.45, 2.75) is 54.6 Å². The number of aromatic amines is 1. The summed E-state index contributed by atoms with van der Waals surface area (Å²) in [6.45, 7) is 2.99. The number of rotatable bonds is 9. The lowest BCUT2D eigenvalue weighted by atomic mass is 9.70. The van der Waals surface area contributed by atoms with Crippen molar-refractivity contribution in [2.75, 3.05) is 23.9 Å². The average molecular weight is 593 g/mol. The Morgan fingerprint density at radius 3 is 2.41 bits per heavy atom. The van der Waals surface area contributed by atoms with E-state index in [1.807, 2.05) is 54.7 Å². The molecule has 3 aliphatic heterocycles. The molecule has 0 saturated carbocycles. The normalized spacial score (nSPS) is 28.4. The largest absolute Gasteiger partial charge is 0.388 e. The Labute approximate surface area is 246 Å². The highest BCUT2D eigenvalue weighted by atomic mass is 32.2. The summed E-state index contributed by atoms with van der Waals surface area (Å²) in [5.74, 6) is -0.101. The maximum Gasteiger partial charge on any atom is 0.263 e. The Morgan fingerprint density at radius 2 is 1.66 bits per heavy atom. The van der Waals surface area contributed by atoms with E-state index in [4.69, 9.17) is 0 Å². The van der Waals surface area contributed by atoms with Crippen LogP contribution in [0.5, 0.6) is 0 Å². The molecule has 0 radical (unpaired) electrons. The number of benzene rings is 2. The molecule has 2 fully saturated rings. The van der Waals surface area contributed by atoms with Gasteiger partial charge < -0.3 is 20.3 Å². The number of carbonyl (C=O) groups is 4. The quantitative estimate of drug-likeness (QED) is 0.346. The Balaban J connectivity index is 1.57. The maximum absolute atomic E-state index is 14.5. The van der Waals surface area contributed by atoms with Crippen LogP contribution in [-0.4, -0.2) is 84.3 Å². The second-order valence-corrected chi connectivity index (χ2v) is 13.4. The molecule has 3 N–H and O–H groups in total. The third-order valence-corrected chi connectivity index (χ3v) is 11.2. The molecule has 0 aliphatic carbocycles. The molecule has 0 spiro atoms. The fraction of sp³-hybridized carbons (Fsp3) is 0.400. The molecule has 3 aromatic rings. The van der Waals surface area contributed by atoms with Crippen LogP contribution in [0.3, 0.4) is 0 Å². The van der Waals surface area contributed by atoms with Crippen LogP contribution in [0, 0.1) is 0 Å². The molecule has 2 saturated heterocycles. The topological polar surface area (TPSA) is 123 Å². The van der Waals surface area contributed by atoms with Crippen LogP contribution >= 0.6 is 23.5 Å². The minimum absolute atomic E-state index is 0.00623. The van der Waals surface area contributed by atoms with Gasteiger partial charge in [0.1, 0.15) is 23.8 Å². The summed E-state index contributed by atoms with van der Waals surface area (Å²) in [7, 11) is 1.58. The number of para-hydroxylation sites is 2. The number of aromatic nitrogens is 1. The number of nitrogens with one attached hydrogen (secondary N) is 2. The first kappa shape index (κ1) is 27.9. The van der Waals surface area contributed by atoms with E-state index in [1.54, 1.807) is 11.9 Å². The van der Waals surface area contributed by atoms with Gasteiger partial charge >= 0.3 is 0 Å². The smallest absolute Gasteiger partial charge is 0.263 e. The molecule has 6 rings (SSSR count). The van der Waals surface area contributed by atoms with Gasteiger partial charge in [-0.15, -0.1) is 23.5 Å². The van der Waals surface area contributed by atoms with E-state index in [1.165, 1.54) is 30.5 Å². The second kappa shape index (κ2) is 10.2. The Hall–Kier alpha value is -3.28. The lowest BCUT2D eigenvalue weighted by Gasteiger charge is -2.49. The molecule has 9 nitrogen and oxygen atoms in total. The molecule has 41 heavy (non-hydrogen) atoms. The van der Waals surface area contributed by atoms with E-state index in [9.17, 15) is 24.3 Å². The van der Waals surface area contributed by atoms with Crippen molar-refractivity contribution in [3.8, 4) is 0 Å². The number of thioether (sulfide) groups is 2. The average Bonchev–Trinajstić information content (AvgIpc) is 3.57. The fourth-order valence-electron chi connectivity index (χ4n) is 6.64. The van der Waals surface area contributed by atoms with Crippen LogP contribution < -0.4 is 5.32 Å². The van der Waals surface area contributed by atoms with Gasteiger partial charge in [0.25, 0.3) is 11.8 Å². The van der Waals surface area contributed by atoms with Crippen LogP contribution in [0.2, 0.25) is 0 Å². The van der Waals surface area contributed by atoms with E-state index in [-0.39, 0.29) is 36.1 Å². The maximum atomic E-state index is 14.5. The van der Waals surface area contributed by atoms with Crippen LogP contribution in [-0.2, 0) is 24.6 Å². The number of fused-ring (bicyclic) bond motifs is 6. The van der Waals surface area contributed by atoms with E-state index in [2.05, 4.69) is 10.3 Å². The number of likely N-dealkylation sites (N-methyl/N-ethyl adjacent to an activating group) is 1. The first-order valence-corrected chi connectivity index (χ1v) is 15.6. The zero-order valence-electron chi connectivity index (χ0n) is 23.0. The monoisotopic (exact) mass is 592 g/mol. The number of ketones is 2. The second-order valence-electron chi connectivity index (χ2n) is 10.9. The van der Waals surface area contributed by atoms with Crippen LogP contribution in [0.15, 0.2) is 54.7 Å². The highest BCUT2D eigenvalue weighted by Crippen LogP contribution is 2.63. The van der Waals surface area contributed by atoms with E-state index in [0.29, 0.717) is 5.75 Å². The molecule has 11 heteroatoms. The van der Waals surface area contributed by atoms with Crippen LogP contribution in [0.25, 0.3) is 10.9 Å². The van der Waals surface area contributed by atoms with Crippen LogP contribution in [0.4, 0.5) is 5.69 Å². The highest BCUT2D eigenvalue weighted by Gasteiger charge is 2.77. The first-order valence-electron chi connectivity index (χ1n) is 13.6. The number of amides is 2. The predicted octanol–water partition coefficient (Wildman–Crippen LogP) is 3.33. The summed E-state index contributed by atoms with van der Waals surface area (Å²) in [5.41, 5.74) is 2.05. The van der Waals surface area contributed by atoms with Crippen molar-refractivity contribution in [3.63, 3.8) is 0 Å². The fourth-order valence-corrected chi connectivity index (χ4v) is 9.49. The van der Waals surface area contributed by atoms with Crippen molar-refractivity contribution >= 4 is 63.5 Å². The minimum atomic E-state index is -1.68. The zero-order chi connectivity index (χ0) is 29.1. The van der Waals surface area contributed by atoms with Crippen molar-refractivity contribution in [2.24, 2.45) is 0 Å². The number of aliphatic hydroxyl groups is 1. The van der Waals surface area contributed by atoms with Gasteiger partial charge in [-0.2, -0.15) is 0 Å². The molecular formula is C30H32N4O5S2. The third-order valence-electron chi connectivity index (χ3n) is 8.48. The lowest BCUT2D eigenvalue weighted by molar-refractivity contribution is -0.160. The number of H-pyrrole nitrogens is 1. The van der Waals surface area contributed by atoms with Gasteiger partial charge in [-0.1, -0.05) is 36.4 Å². The van der Waals surface area contributed by atoms with Crippen molar-refractivity contribution in [3.05, 3.63) is 65.9 Å². The minimum Gasteiger partial charge on any atom is -0.388 e. The molecule has 2 amide bonds. The lowest BCUT2D eigenvalue weighted by Crippen LogP contribution is -2.71. The predicted molar refractivity (Wildman–Crippen MR) is 161 cm³/mol. The summed E-state index contributed by atoms with van der Waals surface area (Å²) < 4.78 is 0. The molecule has 5 atom stereocenters. The van der Waals surface area contributed by atoms with Gasteiger partial charge in [-0.05, 0) is 37.1 Å². The molecule has 3 aliphatic rings. The number of Topliss-reactive ketones (excluding diaryl/α,β-unsaturated/α-hetero) is 2.